The van der Waals surface area contributed by atoms with E-state index in [0.29, 0.717) is 25.4 Å². The van der Waals surface area contributed by atoms with Gasteiger partial charge in [-0.2, -0.15) is 5.10 Å². The van der Waals surface area contributed by atoms with E-state index >= 15 is 0 Å². The van der Waals surface area contributed by atoms with Gasteiger partial charge in [0.15, 0.2) is 0 Å². The van der Waals surface area contributed by atoms with Crippen molar-refractivity contribution >= 4 is 40.7 Å². The van der Waals surface area contributed by atoms with Crippen LogP contribution in [0.3, 0.4) is 0 Å². The summed E-state index contributed by atoms with van der Waals surface area (Å²) >= 11 is 3.26. The van der Waals surface area contributed by atoms with Crippen molar-refractivity contribution in [2.45, 2.75) is 25.5 Å². The molecule has 9 heteroatoms. The number of thiophene rings is 1. The fourth-order valence-electron chi connectivity index (χ4n) is 4.85. The Balaban J connectivity index is 1.71. The number of carbonyl (C=O) groups is 2. The molecule has 0 radical (unpaired) electrons. The number of benzene rings is 2. The van der Waals surface area contributed by atoms with Gasteiger partial charge in [0.1, 0.15) is 12.4 Å². The van der Waals surface area contributed by atoms with Crippen molar-refractivity contribution in [3.05, 3.63) is 87.6 Å². The highest BCUT2D eigenvalue weighted by molar-refractivity contribution is 8.00. The van der Waals surface area contributed by atoms with E-state index in [0.717, 1.165) is 38.5 Å². The third-order valence-corrected chi connectivity index (χ3v) is 8.99. The molecule has 5 rings (SSSR count). The number of ether oxygens (including phenoxy) is 1. The van der Waals surface area contributed by atoms with Crippen molar-refractivity contribution in [2.75, 3.05) is 37.5 Å². The average molecular weight is 561 g/mol. The zero-order valence-corrected chi connectivity index (χ0v) is 24.0. The maximum absolute atomic E-state index is 13.7. The van der Waals surface area contributed by atoms with Gasteiger partial charge < -0.3 is 10.1 Å². The maximum Gasteiger partial charge on any atom is 0.240 e. The molecule has 1 atom stereocenters. The minimum absolute atomic E-state index is 0.0820. The molecule has 0 unspecified atom stereocenters. The minimum atomic E-state index is -0.209. The van der Waals surface area contributed by atoms with Crippen molar-refractivity contribution < 1.29 is 14.3 Å². The first-order valence-electron chi connectivity index (χ1n) is 12.9. The SMILES string of the molecule is COCCCNC(=O)CN1C(=O)CS[C@H](c2cccs2)c2c(-c3ccccc3)nn(-c3ccc(C)cc3C)c21. The number of methoxy groups -OCH3 is 1. The smallest absolute Gasteiger partial charge is 0.240 e. The van der Waals surface area contributed by atoms with Crippen LogP contribution < -0.4 is 10.2 Å². The number of aromatic nitrogens is 2. The fraction of sp³-hybridized carbons (Fsp3) is 0.300. The van der Waals surface area contributed by atoms with Crippen LogP contribution in [0.25, 0.3) is 16.9 Å². The molecule has 0 saturated heterocycles. The first-order valence-corrected chi connectivity index (χ1v) is 14.9. The molecule has 202 valence electrons. The highest BCUT2D eigenvalue weighted by Gasteiger charge is 2.38. The van der Waals surface area contributed by atoms with E-state index in [1.165, 1.54) is 0 Å². The normalized spacial score (nSPS) is 15.2. The quantitative estimate of drug-likeness (QED) is 0.272. The number of carbonyl (C=O) groups excluding carboxylic acids is 2. The van der Waals surface area contributed by atoms with Crippen molar-refractivity contribution in [1.29, 1.82) is 0 Å². The van der Waals surface area contributed by atoms with Crippen LogP contribution in [0.4, 0.5) is 5.82 Å². The summed E-state index contributed by atoms with van der Waals surface area (Å²) < 4.78 is 6.97. The van der Waals surface area contributed by atoms with E-state index in [2.05, 4.69) is 42.7 Å². The molecule has 0 saturated carbocycles. The standard InChI is InChI=1S/C30H32N4O3S2/c1-20-12-13-23(21(2)17-20)34-30-27(28(32-34)22-9-5-4-6-10-22)29(24-11-7-16-38-24)39-19-26(36)33(30)18-25(35)31-14-8-15-37-3/h4-7,9-13,16-17,29H,8,14-15,18-19H2,1-3H3,(H,31,35)/t29-/m1/s1. The first-order chi connectivity index (χ1) is 19.0. The number of fused-ring (bicyclic) bond motifs is 1. The Morgan fingerprint density at radius 1 is 1.13 bits per heavy atom. The van der Waals surface area contributed by atoms with E-state index in [4.69, 9.17) is 9.84 Å². The molecule has 0 bridgehead atoms. The Hall–Kier alpha value is -3.40. The fourth-order valence-corrected chi connectivity index (χ4v) is 7.02. The molecule has 2 aromatic carbocycles. The van der Waals surface area contributed by atoms with Crippen LogP contribution in [0.1, 0.15) is 33.2 Å². The Kier molecular flexibility index (Phi) is 8.50. The Bertz CT molecular complexity index is 1450. The van der Waals surface area contributed by atoms with E-state index in [1.54, 1.807) is 35.1 Å². The highest BCUT2D eigenvalue weighted by Crippen LogP contribution is 2.49. The van der Waals surface area contributed by atoms with Crippen molar-refractivity contribution in [2.24, 2.45) is 0 Å². The third-order valence-electron chi connectivity index (χ3n) is 6.67. The second-order valence-electron chi connectivity index (χ2n) is 9.54. The zero-order chi connectivity index (χ0) is 27.4. The van der Waals surface area contributed by atoms with Crippen LogP contribution in [0, 0.1) is 13.8 Å². The predicted octanol–water partition coefficient (Wildman–Crippen LogP) is 5.54. The number of hydrogen-bond donors (Lipinski definition) is 1. The largest absolute Gasteiger partial charge is 0.385 e. The Labute approximate surface area is 237 Å². The van der Waals surface area contributed by atoms with Gasteiger partial charge in [0, 0.05) is 36.3 Å². The lowest BCUT2D eigenvalue weighted by Gasteiger charge is -2.23. The Morgan fingerprint density at radius 3 is 2.67 bits per heavy atom. The number of thioether (sulfide) groups is 1. The zero-order valence-electron chi connectivity index (χ0n) is 22.3. The molecule has 1 aliphatic heterocycles. The van der Waals surface area contributed by atoms with Crippen LogP contribution in [0.5, 0.6) is 0 Å². The van der Waals surface area contributed by atoms with Crippen LogP contribution in [-0.2, 0) is 14.3 Å². The Morgan fingerprint density at radius 2 is 1.95 bits per heavy atom. The molecular weight excluding hydrogens is 528 g/mol. The van der Waals surface area contributed by atoms with Gasteiger partial charge in [0.05, 0.1) is 22.4 Å². The topological polar surface area (TPSA) is 76.5 Å². The summed E-state index contributed by atoms with van der Waals surface area (Å²) in [7, 11) is 1.64. The van der Waals surface area contributed by atoms with Crippen molar-refractivity contribution in [1.82, 2.24) is 15.1 Å². The second kappa shape index (κ2) is 12.2. The van der Waals surface area contributed by atoms with Gasteiger partial charge in [0.2, 0.25) is 11.8 Å². The lowest BCUT2D eigenvalue weighted by Crippen LogP contribution is -2.42. The van der Waals surface area contributed by atoms with Crippen molar-refractivity contribution in [3.63, 3.8) is 0 Å². The summed E-state index contributed by atoms with van der Waals surface area (Å²) in [4.78, 5) is 29.6. The summed E-state index contributed by atoms with van der Waals surface area (Å²) in [6, 6.07) is 20.4. The highest BCUT2D eigenvalue weighted by atomic mass is 32.2. The summed E-state index contributed by atoms with van der Waals surface area (Å²) in [6.07, 6.45) is 0.705. The average Bonchev–Trinajstić information content (AvgIpc) is 3.57. The van der Waals surface area contributed by atoms with Gasteiger partial charge in [-0.25, -0.2) is 4.68 Å². The lowest BCUT2D eigenvalue weighted by molar-refractivity contribution is -0.122. The van der Waals surface area contributed by atoms with Crippen LogP contribution in [-0.4, -0.2) is 54.2 Å². The monoisotopic (exact) mass is 560 g/mol. The molecule has 2 amide bonds. The number of amides is 2. The molecule has 0 spiro atoms. The van der Waals surface area contributed by atoms with Crippen LogP contribution >= 0.6 is 23.1 Å². The van der Waals surface area contributed by atoms with E-state index in [1.807, 2.05) is 47.1 Å². The van der Waals surface area contributed by atoms with Gasteiger partial charge in [-0.3, -0.25) is 14.5 Å². The van der Waals surface area contributed by atoms with Gasteiger partial charge in [-0.15, -0.1) is 23.1 Å². The molecule has 3 heterocycles. The summed E-state index contributed by atoms with van der Waals surface area (Å²) in [5, 5.41) is 10.1. The van der Waals surface area contributed by atoms with Gasteiger partial charge in [-0.05, 0) is 43.3 Å². The van der Waals surface area contributed by atoms with Gasteiger partial charge >= 0.3 is 0 Å². The molecule has 4 aromatic rings. The molecule has 39 heavy (non-hydrogen) atoms. The number of rotatable bonds is 9. The van der Waals surface area contributed by atoms with E-state index < -0.39 is 0 Å². The molecule has 1 aliphatic rings. The predicted molar refractivity (Wildman–Crippen MR) is 159 cm³/mol. The van der Waals surface area contributed by atoms with E-state index in [-0.39, 0.29) is 29.4 Å². The van der Waals surface area contributed by atoms with Gasteiger partial charge in [0.25, 0.3) is 0 Å². The minimum Gasteiger partial charge on any atom is -0.385 e. The van der Waals surface area contributed by atoms with E-state index in [9.17, 15) is 9.59 Å². The number of anilines is 1. The molecule has 1 N–H and O–H groups in total. The molecule has 0 aliphatic carbocycles. The number of aryl methyl sites for hydroxylation is 2. The third kappa shape index (κ3) is 5.80. The molecule has 7 nitrogen and oxygen atoms in total. The van der Waals surface area contributed by atoms with Crippen LogP contribution in [0.2, 0.25) is 0 Å². The summed E-state index contributed by atoms with van der Waals surface area (Å²) in [5.41, 5.74) is 5.81. The molecule has 2 aromatic heterocycles. The number of nitrogens with one attached hydrogen (secondary N) is 1. The molecular formula is C30H32N4O3S2. The lowest BCUT2D eigenvalue weighted by atomic mass is 10.0. The van der Waals surface area contributed by atoms with Gasteiger partial charge in [-0.1, -0.05) is 54.1 Å². The second-order valence-corrected chi connectivity index (χ2v) is 11.6. The number of hydrogen-bond acceptors (Lipinski definition) is 6. The van der Waals surface area contributed by atoms with Crippen molar-refractivity contribution in [3.8, 4) is 16.9 Å². The summed E-state index contributed by atoms with van der Waals surface area (Å²) in [5.74, 6) is 0.591. The number of nitrogens with zero attached hydrogens (tertiary/aromatic N) is 3. The maximum atomic E-state index is 13.7. The first kappa shape index (κ1) is 27.2. The summed E-state index contributed by atoms with van der Waals surface area (Å²) in [6.45, 7) is 5.08. The molecule has 0 fully saturated rings. The van der Waals surface area contributed by atoms with Crippen LogP contribution in [0.15, 0.2) is 66.0 Å².